The van der Waals surface area contributed by atoms with Crippen LogP contribution in [0.25, 0.3) is 94.0 Å². The number of aromatic nitrogens is 1. The lowest BCUT2D eigenvalue weighted by atomic mass is 9.80. The number of hydrogen-bond acceptors (Lipinski definition) is 1. The van der Waals surface area contributed by atoms with Crippen molar-refractivity contribution in [1.29, 1.82) is 0 Å². The summed E-state index contributed by atoms with van der Waals surface area (Å²) in [4.78, 5) is 0. The van der Waals surface area contributed by atoms with Gasteiger partial charge in [0.25, 0.3) is 0 Å². The first-order chi connectivity index (χ1) is 27.0. The zero-order valence-corrected chi connectivity index (χ0v) is 30.9. The van der Waals surface area contributed by atoms with Gasteiger partial charge in [0.2, 0.25) is 0 Å². The van der Waals surface area contributed by atoms with E-state index < -0.39 is 0 Å². The third-order valence-corrected chi connectivity index (χ3v) is 12.7. The lowest BCUT2D eigenvalue weighted by Crippen LogP contribution is -2.16. The van der Waals surface area contributed by atoms with Gasteiger partial charge < -0.3 is 8.98 Å². The van der Waals surface area contributed by atoms with Crippen molar-refractivity contribution in [2.45, 2.75) is 32.1 Å². The van der Waals surface area contributed by atoms with E-state index in [0.717, 1.165) is 24.0 Å². The number of para-hydroxylation sites is 1. The number of allylic oxidation sites excluding steroid dienone is 1. The summed E-state index contributed by atoms with van der Waals surface area (Å²) in [7, 11) is 0. The molecular formula is C53H37NO. The Kier molecular flexibility index (Phi) is 6.27. The molecule has 0 saturated carbocycles. The lowest BCUT2D eigenvalue weighted by molar-refractivity contribution is 0.656. The third-order valence-electron chi connectivity index (χ3n) is 12.7. The smallest absolute Gasteiger partial charge is 0.135 e. The Morgan fingerprint density at radius 3 is 2.02 bits per heavy atom. The van der Waals surface area contributed by atoms with E-state index in [1.807, 2.05) is 0 Å². The molecule has 2 aliphatic rings. The monoisotopic (exact) mass is 703 g/mol. The number of hydrogen-bond donors (Lipinski definition) is 0. The van der Waals surface area contributed by atoms with Crippen molar-refractivity contribution in [3.05, 3.63) is 186 Å². The van der Waals surface area contributed by atoms with Gasteiger partial charge in [-0.15, -0.1) is 0 Å². The molecule has 0 aliphatic heterocycles. The molecule has 0 saturated heterocycles. The summed E-state index contributed by atoms with van der Waals surface area (Å²) in [6.45, 7) is 4.78. The molecule has 0 amide bonds. The molecule has 8 aromatic carbocycles. The third kappa shape index (κ3) is 4.43. The topological polar surface area (TPSA) is 18.1 Å². The van der Waals surface area contributed by atoms with Crippen molar-refractivity contribution in [3.63, 3.8) is 0 Å². The molecule has 0 spiro atoms. The first-order valence-electron chi connectivity index (χ1n) is 19.5. The Hall–Kier alpha value is -6.64. The zero-order valence-electron chi connectivity index (χ0n) is 30.9. The zero-order chi connectivity index (χ0) is 36.4. The standard InChI is InChI=1S/C53H37NO/c1-53(2)46-31-40(21-22-41(46)42-23-26-50-51(52(42)53)43-13-7-8-14-49(43)55-50)54-47-24-19-38(36-17-15-32-9-3-5-11-34(32)27-36)29-44(47)45-30-39(20-25-48(45)54)37-18-16-33-10-4-6-12-35(33)28-37/h3-19,21-24,26-31H,20,25H2,1-2H3. The molecule has 0 atom stereocenters. The van der Waals surface area contributed by atoms with E-state index in [4.69, 9.17) is 4.42 Å². The molecule has 0 radical (unpaired) electrons. The maximum Gasteiger partial charge on any atom is 0.135 e. The van der Waals surface area contributed by atoms with Gasteiger partial charge in [-0.25, -0.2) is 0 Å². The molecule has 2 heteroatoms. The highest BCUT2D eigenvalue weighted by Crippen LogP contribution is 2.54. The lowest BCUT2D eigenvalue weighted by Gasteiger charge is -2.24. The Bertz CT molecular complexity index is 3290. The fourth-order valence-electron chi connectivity index (χ4n) is 9.98. The van der Waals surface area contributed by atoms with Crippen LogP contribution in [0, 0.1) is 0 Å². The molecular weight excluding hydrogens is 667 g/mol. The molecule has 12 rings (SSSR count). The second-order valence-electron chi connectivity index (χ2n) is 16.0. The van der Waals surface area contributed by atoms with Crippen molar-refractivity contribution in [2.24, 2.45) is 0 Å². The molecule has 55 heavy (non-hydrogen) atoms. The van der Waals surface area contributed by atoms with Crippen LogP contribution < -0.4 is 0 Å². The highest BCUT2D eigenvalue weighted by Gasteiger charge is 2.38. The number of nitrogens with zero attached hydrogens (tertiary/aromatic N) is 1. The van der Waals surface area contributed by atoms with Gasteiger partial charge in [0.15, 0.2) is 0 Å². The molecule has 260 valence electrons. The van der Waals surface area contributed by atoms with Crippen LogP contribution >= 0.6 is 0 Å². The van der Waals surface area contributed by atoms with Crippen LogP contribution in [0.4, 0.5) is 0 Å². The van der Waals surface area contributed by atoms with E-state index in [1.165, 1.54) is 105 Å². The van der Waals surface area contributed by atoms with Crippen LogP contribution in [0.15, 0.2) is 162 Å². The number of rotatable bonds is 3. The quantitative estimate of drug-likeness (QED) is 0.179. The molecule has 0 fully saturated rings. The first kappa shape index (κ1) is 30.8. The van der Waals surface area contributed by atoms with E-state index in [1.54, 1.807) is 0 Å². The van der Waals surface area contributed by atoms with Crippen LogP contribution in [0.5, 0.6) is 0 Å². The Morgan fingerprint density at radius 2 is 1.20 bits per heavy atom. The number of furan rings is 1. The Balaban J connectivity index is 1.06. The largest absolute Gasteiger partial charge is 0.456 e. The maximum atomic E-state index is 6.38. The van der Waals surface area contributed by atoms with Crippen LogP contribution in [0.2, 0.25) is 0 Å². The highest BCUT2D eigenvalue weighted by atomic mass is 16.3. The van der Waals surface area contributed by atoms with Crippen molar-refractivity contribution >= 4 is 66.0 Å². The summed E-state index contributed by atoms with van der Waals surface area (Å²) in [5, 5.41) is 8.83. The van der Waals surface area contributed by atoms with Crippen molar-refractivity contribution in [3.8, 4) is 27.9 Å². The summed E-state index contributed by atoms with van der Waals surface area (Å²) >= 11 is 0. The summed E-state index contributed by atoms with van der Waals surface area (Å²) in [6.07, 6.45) is 4.45. The molecule has 2 heterocycles. The van der Waals surface area contributed by atoms with Gasteiger partial charge in [0, 0.05) is 38.5 Å². The van der Waals surface area contributed by atoms with E-state index in [9.17, 15) is 0 Å². The van der Waals surface area contributed by atoms with Crippen LogP contribution in [-0.4, -0.2) is 4.57 Å². The second kappa shape index (κ2) is 11.2. The average molecular weight is 704 g/mol. The van der Waals surface area contributed by atoms with E-state index in [2.05, 4.69) is 182 Å². The van der Waals surface area contributed by atoms with Crippen molar-refractivity contribution in [2.75, 3.05) is 0 Å². The number of fused-ring (bicyclic) bond motifs is 12. The summed E-state index contributed by atoms with van der Waals surface area (Å²) < 4.78 is 8.94. The minimum Gasteiger partial charge on any atom is -0.456 e. The SMILES string of the molecule is CC1(C)c2cc(-n3c4c(c5cc(-c6ccc7ccccc7c6)ccc53)C=C(c3ccc5ccccc5c3)CC4)ccc2-c2ccc3oc4ccccc4c3c21. The Morgan fingerprint density at radius 1 is 0.527 bits per heavy atom. The maximum absolute atomic E-state index is 6.38. The molecule has 0 N–H and O–H groups in total. The van der Waals surface area contributed by atoms with Gasteiger partial charge in [-0.2, -0.15) is 0 Å². The molecule has 0 unspecified atom stereocenters. The minimum absolute atomic E-state index is 0.206. The fourth-order valence-corrected chi connectivity index (χ4v) is 9.98. The van der Waals surface area contributed by atoms with Gasteiger partial charge in [-0.05, 0) is 134 Å². The summed E-state index contributed by atoms with van der Waals surface area (Å²) in [5.74, 6) is 0. The molecule has 2 nitrogen and oxygen atoms in total. The predicted octanol–water partition coefficient (Wildman–Crippen LogP) is 14.3. The van der Waals surface area contributed by atoms with Crippen LogP contribution in [-0.2, 0) is 11.8 Å². The van der Waals surface area contributed by atoms with Crippen molar-refractivity contribution < 1.29 is 4.42 Å². The van der Waals surface area contributed by atoms with E-state index >= 15 is 0 Å². The second-order valence-corrected chi connectivity index (χ2v) is 16.0. The summed E-state index contributed by atoms with van der Waals surface area (Å²) in [6, 6.07) is 58.3. The molecule has 2 aromatic heterocycles. The van der Waals surface area contributed by atoms with Gasteiger partial charge in [-0.3, -0.25) is 0 Å². The van der Waals surface area contributed by atoms with E-state index in [-0.39, 0.29) is 5.41 Å². The fraction of sp³-hybridized carbons (Fsp3) is 0.0943. The minimum atomic E-state index is -0.206. The molecule has 2 aliphatic carbocycles. The van der Waals surface area contributed by atoms with Crippen molar-refractivity contribution in [1.82, 2.24) is 4.57 Å². The first-order valence-corrected chi connectivity index (χ1v) is 19.5. The van der Waals surface area contributed by atoms with Gasteiger partial charge in [0.05, 0.1) is 5.52 Å². The highest BCUT2D eigenvalue weighted by molar-refractivity contribution is 6.11. The van der Waals surface area contributed by atoms with Crippen LogP contribution in [0.1, 0.15) is 48.2 Å². The predicted molar refractivity (Wildman–Crippen MR) is 231 cm³/mol. The van der Waals surface area contributed by atoms with Gasteiger partial charge in [-0.1, -0.05) is 123 Å². The van der Waals surface area contributed by atoms with Gasteiger partial charge >= 0.3 is 0 Å². The van der Waals surface area contributed by atoms with Gasteiger partial charge in [0.1, 0.15) is 11.2 Å². The average Bonchev–Trinajstić information content (AvgIpc) is 3.84. The summed E-state index contributed by atoms with van der Waals surface area (Å²) in [5.41, 5.74) is 17.4. The Labute approximate surface area is 319 Å². The number of benzene rings is 8. The molecule has 0 bridgehead atoms. The van der Waals surface area contributed by atoms with E-state index in [0.29, 0.717) is 0 Å². The normalized spacial score (nSPS) is 14.5. The van der Waals surface area contributed by atoms with Crippen LogP contribution in [0.3, 0.4) is 0 Å². The molecule has 10 aromatic rings.